The van der Waals surface area contributed by atoms with E-state index in [4.69, 9.17) is 9.72 Å². The van der Waals surface area contributed by atoms with Crippen LogP contribution in [0.1, 0.15) is 26.3 Å². The van der Waals surface area contributed by atoms with Gasteiger partial charge in [0.15, 0.2) is 0 Å². The van der Waals surface area contributed by atoms with Crippen molar-refractivity contribution in [2.24, 2.45) is 0 Å². The van der Waals surface area contributed by atoms with Crippen molar-refractivity contribution < 1.29 is 30.4 Å². The molecule has 0 saturated heterocycles. The van der Waals surface area contributed by atoms with Crippen LogP contribution in [-0.2, 0) is 31.0 Å². The summed E-state index contributed by atoms with van der Waals surface area (Å²) in [5, 5.41) is 4.23. The molecule has 0 atom stereocenters. The van der Waals surface area contributed by atoms with Gasteiger partial charge < -0.3 is 13.9 Å². The monoisotopic (exact) mass is 861 g/mol. The van der Waals surface area contributed by atoms with Gasteiger partial charge in [0.2, 0.25) is 0 Å². The molecule has 4 nitrogen and oxygen atoms in total. The van der Waals surface area contributed by atoms with E-state index in [2.05, 4.69) is 98.1 Å². The van der Waals surface area contributed by atoms with Crippen molar-refractivity contribution in [1.29, 1.82) is 0 Å². The number of benzene rings is 6. The minimum atomic E-state index is -3.22. The molecule has 6 heteroatoms. The summed E-state index contributed by atoms with van der Waals surface area (Å²) in [6.07, 6.45) is 1.88. The second-order valence-corrected chi connectivity index (χ2v) is 16.2. The molecule has 0 spiro atoms. The van der Waals surface area contributed by atoms with Crippen molar-refractivity contribution in [3.05, 3.63) is 176 Å². The van der Waals surface area contributed by atoms with Crippen LogP contribution in [0.2, 0.25) is 0 Å². The second kappa shape index (κ2) is 14.0. The fraction of sp³-hybridized carbons (Fsp3) is 0.0889. The molecule has 8 rings (SSSR count). The van der Waals surface area contributed by atoms with Gasteiger partial charge in [0.1, 0.15) is 13.0 Å². The Bertz CT molecular complexity index is 2480. The molecule has 0 fully saturated rings. The molecule has 2 aromatic heterocycles. The normalized spacial score (nSPS) is 11.7. The first-order valence-electron chi connectivity index (χ1n) is 16.7. The minimum Gasteiger partial charge on any atom is -0.509 e. The van der Waals surface area contributed by atoms with Crippen molar-refractivity contribution in [3.8, 4) is 28.4 Å². The molecule has 2 heterocycles. The number of rotatable bonds is 7. The average molecular weight is 862 g/mol. The Balaban J connectivity index is 0.00000406. The molecular formula is C45H35N2O2PPt. The van der Waals surface area contributed by atoms with Gasteiger partial charge in [-0.1, -0.05) is 135 Å². The zero-order valence-corrected chi connectivity index (χ0v) is 31.7. The first-order chi connectivity index (χ1) is 24.3. The van der Waals surface area contributed by atoms with Crippen LogP contribution in [0.3, 0.4) is 0 Å². The maximum atomic E-state index is 15.0. The Kier molecular flexibility index (Phi) is 9.42. The van der Waals surface area contributed by atoms with E-state index >= 15 is 4.57 Å². The molecule has 0 aliphatic carbocycles. The molecule has 0 saturated carbocycles. The molecule has 0 amide bonds. The van der Waals surface area contributed by atoms with Crippen LogP contribution in [0.25, 0.3) is 38.8 Å². The zero-order valence-electron chi connectivity index (χ0n) is 28.5. The maximum Gasteiger partial charge on any atom is 2.00 e. The standard InChI is InChI=1S/C45H35N2O2P.Pt/c1-45(2,3)34-26-27-46-44(29-34)47-42-25-22-33(32-14-7-4-8-15-32)28-41(42)40-24-23-36(31-43(40)47)49-35-16-13-21-39(30-35)50(48,37-17-9-5-10-18-37)38-19-11-6-12-20-38;/h4-29H,1-3H3;/q-2;+2. The number of fused-ring (bicyclic) bond motifs is 3. The Morgan fingerprint density at radius 2 is 1.27 bits per heavy atom. The van der Waals surface area contributed by atoms with Crippen molar-refractivity contribution in [2.75, 3.05) is 0 Å². The van der Waals surface area contributed by atoms with E-state index in [0.29, 0.717) is 16.8 Å². The van der Waals surface area contributed by atoms with Crippen LogP contribution in [0.15, 0.2) is 158 Å². The van der Waals surface area contributed by atoms with Crippen LogP contribution >= 0.6 is 7.14 Å². The predicted molar refractivity (Wildman–Crippen MR) is 206 cm³/mol. The molecule has 51 heavy (non-hydrogen) atoms. The van der Waals surface area contributed by atoms with E-state index in [1.807, 2.05) is 97.2 Å². The summed E-state index contributed by atoms with van der Waals surface area (Å²) < 4.78 is 23.7. The number of ether oxygens (including phenoxy) is 1. The van der Waals surface area contributed by atoms with E-state index in [1.54, 1.807) is 0 Å². The van der Waals surface area contributed by atoms with Gasteiger partial charge in [0, 0.05) is 33.8 Å². The van der Waals surface area contributed by atoms with Gasteiger partial charge in [-0.05, 0) is 45.7 Å². The fourth-order valence-electron chi connectivity index (χ4n) is 6.54. The van der Waals surface area contributed by atoms with Gasteiger partial charge in [-0.2, -0.15) is 18.2 Å². The van der Waals surface area contributed by atoms with Crippen LogP contribution in [-0.4, -0.2) is 9.55 Å². The van der Waals surface area contributed by atoms with Crippen molar-refractivity contribution >= 4 is 44.9 Å². The van der Waals surface area contributed by atoms with Crippen LogP contribution in [0.5, 0.6) is 11.5 Å². The Labute approximate surface area is 313 Å². The number of aromatic nitrogens is 2. The third kappa shape index (κ3) is 6.51. The molecule has 0 bridgehead atoms. The molecule has 0 unspecified atom stereocenters. The number of hydrogen-bond donors (Lipinski definition) is 0. The van der Waals surface area contributed by atoms with Crippen LogP contribution < -0.4 is 20.7 Å². The van der Waals surface area contributed by atoms with E-state index in [-0.39, 0.29) is 26.5 Å². The van der Waals surface area contributed by atoms with Crippen molar-refractivity contribution in [3.63, 3.8) is 0 Å². The van der Waals surface area contributed by atoms with E-state index in [0.717, 1.165) is 49.4 Å². The first-order valence-corrected chi connectivity index (χ1v) is 18.4. The maximum absolute atomic E-state index is 15.0. The van der Waals surface area contributed by atoms with Gasteiger partial charge in [-0.15, -0.1) is 29.7 Å². The smallest absolute Gasteiger partial charge is 0.509 e. The number of nitrogens with zero attached hydrogens (tertiary/aromatic N) is 2. The Hall–Kier alpha value is -5.01. The molecular weight excluding hydrogens is 827 g/mol. The second-order valence-electron chi connectivity index (χ2n) is 13.5. The predicted octanol–water partition coefficient (Wildman–Crippen LogP) is 10.2. The number of pyridine rings is 1. The summed E-state index contributed by atoms with van der Waals surface area (Å²) in [6.45, 7) is 6.63. The van der Waals surface area contributed by atoms with Gasteiger partial charge >= 0.3 is 21.1 Å². The molecule has 6 aromatic carbocycles. The Morgan fingerprint density at radius 1 is 0.627 bits per heavy atom. The minimum absolute atomic E-state index is 0. The van der Waals surface area contributed by atoms with E-state index < -0.39 is 7.14 Å². The third-order valence-corrected chi connectivity index (χ3v) is 12.1. The fourth-order valence-corrected chi connectivity index (χ4v) is 9.14. The summed E-state index contributed by atoms with van der Waals surface area (Å²) in [7, 11) is -3.22. The van der Waals surface area contributed by atoms with E-state index in [1.165, 1.54) is 5.56 Å². The topological polar surface area (TPSA) is 44.1 Å². The molecule has 0 radical (unpaired) electrons. The zero-order chi connectivity index (χ0) is 34.3. The third-order valence-electron chi connectivity index (χ3n) is 9.15. The summed E-state index contributed by atoms with van der Waals surface area (Å²) >= 11 is 0. The first kappa shape index (κ1) is 34.4. The quantitative estimate of drug-likeness (QED) is 0.118. The summed E-state index contributed by atoms with van der Waals surface area (Å²) in [5.74, 6) is 1.81. The van der Waals surface area contributed by atoms with E-state index in [9.17, 15) is 0 Å². The summed E-state index contributed by atoms with van der Waals surface area (Å²) in [6, 6.07) is 57.0. The molecule has 8 aromatic rings. The van der Waals surface area contributed by atoms with Gasteiger partial charge in [-0.3, -0.25) is 0 Å². The number of hydrogen-bond acceptors (Lipinski definition) is 3. The molecule has 252 valence electrons. The van der Waals surface area contributed by atoms with Gasteiger partial charge in [0.05, 0.1) is 0 Å². The van der Waals surface area contributed by atoms with Gasteiger partial charge in [-0.25, -0.2) is 4.98 Å². The molecule has 0 aliphatic heterocycles. The van der Waals surface area contributed by atoms with Crippen molar-refractivity contribution in [2.45, 2.75) is 26.2 Å². The SMILES string of the molecule is CC(C)(C)c1ccnc(-n2c3[c-]c(Oc4[c-]c(P(=O)(c5ccccc5)c5ccccc5)ccc4)ccc3c3cc(-c4ccccc4)ccc32)c1.[Pt+2]. The summed E-state index contributed by atoms with van der Waals surface area (Å²) in [4.78, 5) is 4.85. The average Bonchev–Trinajstić information content (AvgIpc) is 3.48. The Morgan fingerprint density at radius 3 is 1.94 bits per heavy atom. The van der Waals surface area contributed by atoms with Crippen LogP contribution in [0.4, 0.5) is 0 Å². The van der Waals surface area contributed by atoms with Crippen LogP contribution in [0, 0.1) is 12.1 Å². The molecule has 0 aliphatic rings. The molecule has 0 N–H and O–H groups in total. The summed E-state index contributed by atoms with van der Waals surface area (Å²) in [5.41, 5.74) is 5.34. The van der Waals surface area contributed by atoms with Crippen molar-refractivity contribution in [1.82, 2.24) is 9.55 Å². The van der Waals surface area contributed by atoms with Gasteiger partial charge in [0.25, 0.3) is 0 Å². The largest absolute Gasteiger partial charge is 2.00 e.